The predicted octanol–water partition coefficient (Wildman–Crippen LogP) is 2.81. The third kappa shape index (κ3) is 2.30. The quantitative estimate of drug-likeness (QED) is 0.912. The van der Waals surface area contributed by atoms with Gasteiger partial charge < -0.3 is 5.11 Å². The molecule has 18 heavy (non-hydrogen) atoms. The Bertz CT molecular complexity index is 611. The first-order valence-electron chi connectivity index (χ1n) is 5.36. The molecule has 2 rings (SSSR count). The van der Waals surface area contributed by atoms with E-state index in [2.05, 4.69) is 4.98 Å². The van der Waals surface area contributed by atoms with Gasteiger partial charge in [-0.25, -0.2) is 4.79 Å². The number of para-hydroxylation sites is 1. The van der Waals surface area contributed by atoms with Gasteiger partial charge >= 0.3 is 11.9 Å². The van der Waals surface area contributed by atoms with Crippen molar-refractivity contribution in [2.75, 3.05) is 0 Å². The van der Waals surface area contributed by atoms with Gasteiger partial charge in [0, 0.05) is 17.5 Å². The average molecular weight is 251 g/mol. The zero-order valence-corrected chi connectivity index (χ0v) is 9.65. The summed E-state index contributed by atoms with van der Waals surface area (Å²) in [6.07, 6.45) is -0.827. The number of nitrogens with zero attached hydrogens (tertiary/aromatic N) is 1. The van der Waals surface area contributed by atoms with E-state index in [0.717, 1.165) is 0 Å². The highest BCUT2D eigenvalue weighted by Crippen LogP contribution is 2.26. The number of fused-ring (bicyclic) bond motifs is 1. The average Bonchev–Trinajstić information content (AvgIpc) is 2.28. The highest BCUT2D eigenvalue weighted by Gasteiger charge is 2.39. The van der Waals surface area contributed by atoms with Gasteiger partial charge in [0.25, 0.3) is 0 Å². The van der Waals surface area contributed by atoms with Gasteiger partial charge in [0.15, 0.2) is 0 Å². The van der Waals surface area contributed by atoms with Crippen molar-refractivity contribution in [1.29, 1.82) is 0 Å². The van der Waals surface area contributed by atoms with E-state index < -0.39 is 18.3 Å². The van der Waals surface area contributed by atoms with Crippen molar-refractivity contribution in [3.05, 3.63) is 41.6 Å². The van der Waals surface area contributed by atoms with Crippen LogP contribution in [0.5, 0.6) is 0 Å². The predicted molar refractivity (Wildman–Crippen MR) is 62.8 cm³/mol. The highest BCUT2D eigenvalue weighted by atomic mass is 19.3. The van der Waals surface area contributed by atoms with E-state index in [1.165, 1.54) is 6.07 Å². The Morgan fingerprint density at radius 1 is 1.39 bits per heavy atom. The molecule has 1 aromatic heterocycles. The zero-order chi connectivity index (χ0) is 13.3. The second kappa shape index (κ2) is 4.33. The van der Waals surface area contributed by atoms with Gasteiger partial charge in [0.1, 0.15) is 0 Å². The fourth-order valence-electron chi connectivity index (χ4n) is 1.86. The molecule has 1 heterocycles. The lowest BCUT2D eigenvalue weighted by atomic mass is 10.0. The summed E-state index contributed by atoms with van der Waals surface area (Å²) in [7, 11) is 0. The number of aromatic nitrogens is 1. The molecule has 0 unspecified atom stereocenters. The van der Waals surface area contributed by atoms with Crippen LogP contribution in [0.1, 0.15) is 11.3 Å². The fourth-order valence-corrected chi connectivity index (χ4v) is 1.86. The van der Waals surface area contributed by atoms with E-state index in [0.29, 0.717) is 22.2 Å². The SMILES string of the molecule is Cc1cc(CC(F)(F)C(=O)O)c2ccccc2n1. The number of hydrogen-bond acceptors (Lipinski definition) is 2. The minimum absolute atomic E-state index is 0.297. The molecule has 0 amide bonds. The van der Waals surface area contributed by atoms with Gasteiger partial charge in [-0.05, 0) is 24.6 Å². The number of carboxylic acid groups (broad SMARTS) is 1. The summed E-state index contributed by atoms with van der Waals surface area (Å²) in [5.74, 6) is -5.88. The van der Waals surface area contributed by atoms with E-state index in [4.69, 9.17) is 5.11 Å². The maximum Gasteiger partial charge on any atom is 0.374 e. The molecule has 0 spiro atoms. The van der Waals surface area contributed by atoms with Crippen LogP contribution in [-0.4, -0.2) is 22.0 Å². The van der Waals surface area contributed by atoms with Gasteiger partial charge in [-0.15, -0.1) is 0 Å². The van der Waals surface area contributed by atoms with E-state index in [1.807, 2.05) is 0 Å². The Balaban J connectivity index is 2.54. The van der Waals surface area contributed by atoms with Crippen LogP contribution < -0.4 is 0 Å². The Morgan fingerprint density at radius 2 is 2.06 bits per heavy atom. The minimum atomic E-state index is -3.77. The summed E-state index contributed by atoms with van der Waals surface area (Å²) in [6.45, 7) is 1.69. The first-order chi connectivity index (χ1) is 8.40. The Hall–Kier alpha value is -2.04. The number of rotatable bonds is 3. The fraction of sp³-hybridized carbons (Fsp3) is 0.231. The molecule has 3 nitrogen and oxygen atoms in total. The molecular weight excluding hydrogens is 240 g/mol. The molecule has 2 aromatic rings. The lowest BCUT2D eigenvalue weighted by molar-refractivity contribution is -0.164. The van der Waals surface area contributed by atoms with Crippen LogP contribution in [0, 0.1) is 6.92 Å². The summed E-state index contributed by atoms with van der Waals surface area (Å²) in [5, 5.41) is 9.04. The molecule has 1 N–H and O–H groups in total. The van der Waals surface area contributed by atoms with Crippen molar-refractivity contribution in [2.24, 2.45) is 0 Å². The lowest BCUT2D eigenvalue weighted by Gasteiger charge is -2.13. The number of carbonyl (C=O) groups is 1. The highest BCUT2D eigenvalue weighted by molar-refractivity contribution is 5.84. The van der Waals surface area contributed by atoms with Crippen molar-refractivity contribution in [1.82, 2.24) is 4.98 Å². The van der Waals surface area contributed by atoms with Gasteiger partial charge in [-0.2, -0.15) is 8.78 Å². The second-order valence-corrected chi connectivity index (χ2v) is 4.13. The molecule has 0 saturated heterocycles. The maximum absolute atomic E-state index is 13.3. The monoisotopic (exact) mass is 251 g/mol. The number of benzene rings is 1. The summed E-state index contributed by atoms with van der Waals surface area (Å²) < 4.78 is 26.5. The molecule has 0 radical (unpaired) electrons. The van der Waals surface area contributed by atoms with Crippen LogP contribution in [-0.2, 0) is 11.2 Å². The van der Waals surface area contributed by atoms with Gasteiger partial charge in [0.2, 0.25) is 0 Å². The standard InChI is InChI=1S/C13H11F2NO2/c1-8-6-9(7-13(14,15)12(17)18)10-4-2-3-5-11(10)16-8/h2-6H,7H2,1H3,(H,17,18). The third-order valence-corrected chi connectivity index (χ3v) is 2.66. The second-order valence-electron chi connectivity index (χ2n) is 4.13. The zero-order valence-electron chi connectivity index (χ0n) is 9.65. The van der Waals surface area contributed by atoms with Crippen LogP contribution in [0.15, 0.2) is 30.3 Å². The largest absolute Gasteiger partial charge is 0.477 e. The molecule has 5 heteroatoms. The van der Waals surface area contributed by atoms with Gasteiger partial charge in [-0.3, -0.25) is 4.98 Å². The Morgan fingerprint density at radius 3 is 2.72 bits per heavy atom. The molecule has 0 aliphatic rings. The number of alkyl halides is 2. The van der Waals surface area contributed by atoms with E-state index >= 15 is 0 Å². The van der Waals surface area contributed by atoms with Crippen LogP contribution >= 0.6 is 0 Å². The summed E-state index contributed by atoms with van der Waals surface area (Å²) in [5.41, 5.74) is 1.48. The number of aryl methyl sites for hydroxylation is 1. The molecular formula is C13H11F2NO2. The van der Waals surface area contributed by atoms with E-state index in [-0.39, 0.29) is 0 Å². The van der Waals surface area contributed by atoms with Crippen molar-refractivity contribution >= 4 is 16.9 Å². The summed E-state index contributed by atoms with van der Waals surface area (Å²) in [6, 6.07) is 8.34. The van der Waals surface area contributed by atoms with Crippen molar-refractivity contribution < 1.29 is 18.7 Å². The molecule has 0 atom stereocenters. The van der Waals surface area contributed by atoms with Crippen LogP contribution in [0.4, 0.5) is 8.78 Å². The van der Waals surface area contributed by atoms with Crippen LogP contribution in [0.25, 0.3) is 10.9 Å². The van der Waals surface area contributed by atoms with Gasteiger partial charge in [-0.1, -0.05) is 18.2 Å². The van der Waals surface area contributed by atoms with Crippen molar-refractivity contribution in [2.45, 2.75) is 19.3 Å². The number of aliphatic carboxylic acids is 1. The number of halogens is 2. The number of carboxylic acids is 1. The molecule has 94 valence electrons. The third-order valence-electron chi connectivity index (χ3n) is 2.66. The summed E-state index contributed by atoms with van der Waals surface area (Å²) >= 11 is 0. The van der Waals surface area contributed by atoms with E-state index in [1.54, 1.807) is 31.2 Å². The van der Waals surface area contributed by atoms with Crippen molar-refractivity contribution in [3.8, 4) is 0 Å². The van der Waals surface area contributed by atoms with Crippen molar-refractivity contribution in [3.63, 3.8) is 0 Å². The normalized spacial score (nSPS) is 11.7. The maximum atomic E-state index is 13.3. The Kier molecular flexibility index (Phi) is 2.98. The molecule has 0 aliphatic carbocycles. The lowest BCUT2D eigenvalue weighted by Crippen LogP contribution is -2.30. The molecule has 0 bridgehead atoms. The molecule has 1 aromatic carbocycles. The summed E-state index contributed by atoms with van der Waals surface area (Å²) in [4.78, 5) is 14.7. The first-order valence-corrected chi connectivity index (χ1v) is 5.36. The minimum Gasteiger partial charge on any atom is -0.477 e. The van der Waals surface area contributed by atoms with Crippen LogP contribution in [0.3, 0.4) is 0 Å². The smallest absolute Gasteiger partial charge is 0.374 e. The number of hydrogen-bond donors (Lipinski definition) is 1. The molecule has 0 saturated carbocycles. The first kappa shape index (κ1) is 12.4. The molecule has 0 aliphatic heterocycles. The number of pyridine rings is 1. The van der Waals surface area contributed by atoms with E-state index in [9.17, 15) is 13.6 Å². The van der Waals surface area contributed by atoms with Crippen LogP contribution in [0.2, 0.25) is 0 Å². The Labute approximate surface area is 102 Å². The van der Waals surface area contributed by atoms with Gasteiger partial charge in [0.05, 0.1) is 5.52 Å². The molecule has 0 fully saturated rings. The topological polar surface area (TPSA) is 50.2 Å².